The third kappa shape index (κ3) is 2.18. The summed E-state index contributed by atoms with van der Waals surface area (Å²) in [5.41, 5.74) is 1.20. The van der Waals surface area contributed by atoms with Crippen LogP contribution in [-0.2, 0) is 0 Å². The summed E-state index contributed by atoms with van der Waals surface area (Å²) in [7, 11) is 0. The molecule has 0 bridgehead atoms. The molecule has 0 atom stereocenters. The summed E-state index contributed by atoms with van der Waals surface area (Å²) >= 11 is 3.28. The largest absolute Gasteiger partial charge is 0.478 e. The zero-order valence-electron chi connectivity index (χ0n) is 9.88. The van der Waals surface area contributed by atoms with Crippen molar-refractivity contribution in [2.45, 2.75) is 0 Å². The third-order valence-corrected chi connectivity index (χ3v) is 3.03. The Kier molecular flexibility index (Phi) is 3.03. The zero-order valence-corrected chi connectivity index (χ0v) is 11.5. The Bertz CT molecular complexity index is 767. The Balaban J connectivity index is 2.18. The number of nitrogens with zero attached hydrogens (tertiary/aromatic N) is 6. The van der Waals surface area contributed by atoms with E-state index in [9.17, 15) is 9.90 Å². The van der Waals surface area contributed by atoms with Crippen LogP contribution in [0.2, 0.25) is 0 Å². The molecule has 0 fully saturated rings. The second-order valence-corrected chi connectivity index (χ2v) is 4.78. The summed E-state index contributed by atoms with van der Waals surface area (Å²) in [4.78, 5) is 11.3. The van der Waals surface area contributed by atoms with E-state index in [1.54, 1.807) is 24.5 Å². The second-order valence-electron chi connectivity index (χ2n) is 3.86. The van der Waals surface area contributed by atoms with Gasteiger partial charge in [-0.15, -0.1) is 5.10 Å². The molecule has 0 unspecified atom stereocenters. The van der Waals surface area contributed by atoms with Crippen LogP contribution in [0, 0.1) is 0 Å². The summed E-state index contributed by atoms with van der Waals surface area (Å²) in [5, 5.41) is 24.2. The normalized spacial score (nSPS) is 10.7. The summed E-state index contributed by atoms with van der Waals surface area (Å²) in [6, 6.07) is 4.77. The number of benzene rings is 1. The smallest absolute Gasteiger partial charge is 0.337 e. The van der Waals surface area contributed by atoms with Gasteiger partial charge in [0.1, 0.15) is 6.33 Å². The first kappa shape index (κ1) is 12.5. The van der Waals surface area contributed by atoms with Gasteiger partial charge in [0.05, 0.1) is 27.6 Å². The van der Waals surface area contributed by atoms with Crippen LogP contribution in [0.5, 0.6) is 0 Å². The van der Waals surface area contributed by atoms with Crippen molar-refractivity contribution in [1.82, 2.24) is 30.0 Å². The topological polar surface area (TPSA) is 98.7 Å². The van der Waals surface area contributed by atoms with E-state index >= 15 is 0 Å². The van der Waals surface area contributed by atoms with E-state index < -0.39 is 5.97 Å². The van der Waals surface area contributed by atoms with Gasteiger partial charge in [-0.25, -0.2) is 14.2 Å². The lowest BCUT2D eigenvalue weighted by Crippen LogP contribution is -2.07. The fourth-order valence-corrected chi connectivity index (χ4v) is 2.03. The van der Waals surface area contributed by atoms with Crippen molar-refractivity contribution in [1.29, 1.82) is 0 Å². The molecular weight excluding hydrogens is 328 g/mol. The van der Waals surface area contributed by atoms with Crippen molar-refractivity contribution in [3.63, 3.8) is 0 Å². The molecule has 0 aliphatic rings. The van der Waals surface area contributed by atoms with Gasteiger partial charge in [0.2, 0.25) is 0 Å². The number of aromatic nitrogens is 6. The minimum atomic E-state index is -1.03. The van der Waals surface area contributed by atoms with Crippen molar-refractivity contribution in [3.05, 3.63) is 47.0 Å². The number of hydrogen-bond acceptors (Lipinski definition) is 5. The van der Waals surface area contributed by atoms with Crippen LogP contribution in [-0.4, -0.2) is 41.1 Å². The van der Waals surface area contributed by atoms with Crippen molar-refractivity contribution in [2.75, 3.05) is 0 Å². The molecule has 1 aromatic carbocycles. The van der Waals surface area contributed by atoms with Crippen LogP contribution in [0.15, 0.2) is 41.4 Å². The predicted octanol–water partition coefficient (Wildman–Crippen LogP) is 1.31. The number of rotatable bonds is 3. The Morgan fingerprint density at radius 3 is 2.75 bits per heavy atom. The highest BCUT2D eigenvalue weighted by atomic mass is 79.9. The molecule has 100 valence electrons. The number of carboxylic acids is 1. The van der Waals surface area contributed by atoms with Gasteiger partial charge in [0.25, 0.3) is 0 Å². The SMILES string of the molecule is O=C(O)c1ccc(-n2cnnn2)cc1-n1cc(Br)cn1. The van der Waals surface area contributed by atoms with E-state index in [2.05, 4.69) is 36.6 Å². The van der Waals surface area contributed by atoms with Gasteiger partial charge in [-0.1, -0.05) is 0 Å². The van der Waals surface area contributed by atoms with Crippen molar-refractivity contribution in [3.8, 4) is 11.4 Å². The molecule has 2 aromatic heterocycles. The Labute approximate surface area is 120 Å². The van der Waals surface area contributed by atoms with Gasteiger partial charge in [0, 0.05) is 6.20 Å². The maximum absolute atomic E-state index is 11.3. The number of tetrazole rings is 1. The van der Waals surface area contributed by atoms with Crippen LogP contribution in [0.3, 0.4) is 0 Å². The summed E-state index contributed by atoms with van der Waals surface area (Å²) in [5.74, 6) is -1.03. The van der Waals surface area contributed by atoms with Crippen LogP contribution in [0.1, 0.15) is 10.4 Å². The molecule has 0 amide bonds. The lowest BCUT2D eigenvalue weighted by atomic mass is 10.1. The highest BCUT2D eigenvalue weighted by Crippen LogP contribution is 2.20. The minimum absolute atomic E-state index is 0.137. The molecule has 1 N–H and O–H groups in total. The fraction of sp³-hybridized carbons (Fsp3) is 0. The van der Waals surface area contributed by atoms with E-state index in [1.165, 1.54) is 21.8 Å². The van der Waals surface area contributed by atoms with Crippen LogP contribution < -0.4 is 0 Å². The molecule has 0 aliphatic carbocycles. The predicted molar refractivity (Wildman–Crippen MR) is 70.9 cm³/mol. The van der Waals surface area contributed by atoms with E-state index in [0.717, 1.165) is 4.47 Å². The molecular formula is C11H7BrN6O2. The molecule has 0 spiro atoms. The van der Waals surface area contributed by atoms with E-state index in [-0.39, 0.29) is 5.56 Å². The van der Waals surface area contributed by atoms with Gasteiger partial charge in [-0.05, 0) is 44.6 Å². The molecule has 2 heterocycles. The second kappa shape index (κ2) is 4.85. The van der Waals surface area contributed by atoms with E-state index in [1.807, 2.05) is 0 Å². The Morgan fingerprint density at radius 2 is 2.15 bits per heavy atom. The molecule has 0 radical (unpaired) electrons. The van der Waals surface area contributed by atoms with Crippen molar-refractivity contribution in [2.24, 2.45) is 0 Å². The van der Waals surface area contributed by atoms with Gasteiger partial charge in [-0.3, -0.25) is 0 Å². The molecule has 20 heavy (non-hydrogen) atoms. The standard InChI is InChI=1S/C11H7BrN6O2/c12-7-4-14-17(5-7)10-3-8(18-6-13-15-16-18)1-2-9(10)11(19)20/h1-6H,(H,19,20). The maximum Gasteiger partial charge on any atom is 0.337 e. The average Bonchev–Trinajstić information content (AvgIpc) is 3.09. The van der Waals surface area contributed by atoms with Crippen LogP contribution in [0.25, 0.3) is 11.4 Å². The van der Waals surface area contributed by atoms with E-state index in [0.29, 0.717) is 11.4 Å². The van der Waals surface area contributed by atoms with Gasteiger partial charge in [-0.2, -0.15) is 5.10 Å². The highest BCUT2D eigenvalue weighted by molar-refractivity contribution is 9.10. The summed E-state index contributed by atoms with van der Waals surface area (Å²) in [6.07, 6.45) is 4.68. The summed E-state index contributed by atoms with van der Waals surface area (Å²) < 4.78 is 3.66. The molecule has 8 nitrogen and oxygen atoms in total. The van der Waals surface area contributed by atoms with Gasteiger partial charge < -0.3 is 5.11 Å². The Morgan fingerprint density at radius 1 is 1.30 bits per heavy atom. The zero-order chi connectivity index (χ0) is 14.1. The number of halogens is 1. The lowest BCUT2D eigenvalue weighted by molar-refractivity contribution is 0.0696. The maximum atomic E-state index is 11.3. The van der Waals surface area contributed by atoms with Crippen LogP contribution >= 0.6 is 15.9 Å². The lowest BCUT2D eigenvalue weighted by Gasteiger charge is -2.08. The first-order valence-corrected chi connectivity index (χ1v) is 6.26. The quantitative estimate of drug-likeness (QED) is 0.775. The number of carboxylic acid groups (broad SMARTS) is 1. The average molecular weight is 335 g/mol. The van der Waals surface area contributed by atoms with E-state index in [4.69, 9.17) is 0 Å². The number of hydrogen-bond donors (Lipinski definition) is 1. The van der Waals surface area contributed by atoms with Crippen molar-refractivity contribution >= 4 is 21.9 Å². The monoisotopic (exact) mass is 334 g/mol. The minimum Gasteiger partial charge on any atom is -0.478 e. The first-order chi connectivity index (χ1) is 9.65. The molecule has 3 aromatic rings. The molecule has 3 rings (SSSR count). The van der Waals surface area contributed by atoms with Gasteiger partial charge in [0.15, 0.2) is 0 Å². The number of carbonyl (C=O) groups is 1. The number of aromatic carboxylic acids is 1. The first-order valence-electron chi connectivity index (χ1n) is 5.46. The Hall–Kier alpha value is -2.55. The van der Waals surface area contributed by atoms with Crippen LogP contribution in [0.4, 0.5) is 0 Å². The molecule has 0 aliphatic heterocycles. The molecule has 0 saturated carbocycles. The third-order valence-electron chi connectivity index (χ3n) is 2.62. The van der Waals surface area contributed by atoms with Gasteiger partial charge >= 0.3 is 5.97 Å². The molecule has 9 heteroatoms. The summed E-state index contributed by atoms with van der Waals surface area (Å²) in [6.45, 7) is 0. The van der Waals surface area contributed by atoms with Crippen molar-refractivity contribution < 1.29 is 9.90 Å². The fourth-order valence-electron chi connectivity index (χ4n) is 1.75. The highest BCUT2D eigenvalue weighted by Gasteiger charge is 2.14. The molecule has 0 saturated heterocycles.